The number of amides is 2. The predicted molar refractivity (Wildman–Crippen MR) is 126 cm³/mol. The van der Waals surface area contributed by atoms with Gasteiger partial charge in [0.15, 0.2) is 0 Å². The molecule has 7 N–H and O–H groups in total. The number of nitrogens with one attached hydrogen (secondary N) is 1. The minimum atomic E-state index is -0.710. The van der Waals surface area contributed by atoms with E-state index in [1.54, 1.807) is 30.3 Å². The van der Waals surface area contributed by atoms with E-state index in [1.165, 1.54) is 19.5 Å². The number of nitrogen functional groups attached to an aromatic ring is 2. The van der Waals surface area contributed by atoms with E-state index in [9.17, 15) is 14.9 Å². The first kappa shape index (κ1) is 21.5. The van der Waals surface area contributed by atoms with Crippen molar-refractivity contribution in [3.63, 3.8) is 0 Å². The summed E-state index contributed by atoms with van der Waals surface area (Å²) in [4.78, 5) is 33.2. The standard InChI is InChI=1S/C22H17N7O3S/c1-32-14-3-2-11(8-13(14)28-21(31)10-4-6-27-7-5-10)15-12(9-23)19(25)29-22-16(15)17(24)18(33-22)20(26)30/h2-8H,24H2,1H3,(H2,25,29)(H2,26,30)(H,28,31). The zero-order valence-electron chi connectivity index (χ0n) is 17.2. The molecule has 164 valence electrons. The third-order valence-electron chi connectivity index (χ3n) is 4.92. The summed E-state index contributed by atoms with van der Waals surface area (Å²) >= 11 is 0.994. The lowest BCUT2D eigenvalue weighted by Gasteiger charge is -2.14. The number of benzene rings is 1. The third-order valence-corrected chi connectivity index (χ3v) is 6.03. The number of methoxy groups -OCH3 is 1. The van der Waals surface area contributed by atoms with Gasteiger partial charge in [-0.05, 0) is 29.8 Å². The average molecular weight is 459 g/mol. The van der Waals surface area contributed by atoms with Crippen molar-refractivity contribution in [1.82, 2.24) is 9.97 Å². The van der Waals surface area contributed by atoms with Gasteiger partial charge in [0, 0.05) is 28.9 Å². The van der Waals surface area contributed by atoms with Crippen molar-refractivity contribution >= 4 is 50.6 Å². The molecule has 0 spiro atoms. The molecule has 0 fully saturated rings. The van der Waals surface area contributed by atoms with E-state index in [1.807, 2.05) is 0 Å². The number of fused-ring (bicyclic) bond motifs is 1. The molecule has 11 heteroatoms. The van der Waals surface area contributed by atoms with Crippen LogP contribution < -0.4 is 27.3 Å². The number of primary amides is 1. The molecule has 10 nitrogen and oxygen atoms in total. The molecule has 0 atom stereocenters. The van der Waals surface area contributed by atoms with E-state index >= 15 is 0 Å². The first-order valence-electron chi connectivity index (χ1n) is 9.46. The Morgan fingerprint density at radius 2 is 1.91 bits per heavy atom. The Hall–Kier alpha value is -4.69. The second-order valence-corrected chi connectivity index (χ2v) is 7.85. The maximum atomic E-state index is 12.7. The molecule has 0 bridgehead atoms. The number of hydrogen-bond donors (Lipinski definition) is 4. The van der Waals surface area contributed by atoms with Crippen molar-refractivity contribution in [1.29, 1.82) is 5.26 Å². The van der Waals surface area contributed by atoms with Gasteiger partial charge in [0.2, 0.25) is 0 Å². The second kappa shape index (κ2) is 8.45. The molecular formula is C22H17N7O3S. The smallest absolute Gasteiger partial charge is 0.260 e. The lowest BCUT2D eigenvalue weighted by atomic mass is 9.96. The number of hydrogen-bond acceptors (Lipinski definition) is 9. The van der Waals surface area contributed by atoms with Gasteiger partial charge in [0.1, 0.15) is 32.9 Å². The molecule has 4 rings (SSSR count). The van der Waals surface area contributed by atoms with Crippen LogP contribution in [-0.2, 0) is 0 Å². The SMILES string of the molecule is COc1ccc(-c2c(C#N)c(N)nc3sc(C(N)=O)c(N)c23)cc1NC(=O)c1ccncc1. The number of carbonyl (C=O) groups excluding carboxylic acids is 2. The summed E-state index contributed by atoms with van der Waals surface area (Å²) < 4.78 is 5.39. The first-order valence-corrected chi connectivity index (χ1v) is 10.3. The van der Waals surface area contributed by atoms with Crippen molar-refractivity contribution in [2.45, 2.75) is 0 Å². The van der Waals surface area contributed by atoms with Crippen LogP contribution in [0.1, 0.15) is 25.6 Å². The van der Waals surface area contributed by atoms with Crippen molar-refractivity contribution in [3.05, 3.63) is 58.7 Å². The Labute approximate surface area is 191 Å². The lowest BCUT2D eigenvalue weighted by molar-refractivity contribution is 0.100. The largest absolute Gasteiger partial charge is 0.495 e. The summed E-state index contributed by atoms with van der Waals surface area (Å²) in [5, 5.41) is 13.0. The molecule has 4 aromatic rings. The predicted octanol–water partition coefficient (Wildman–Crippen LogP) is 2.75. The maximum Gasteiger partial charge on any atom is 0.260 e. The van der Waals surface area contributed by atoms with Crippen LogP contribution in [0.5, 0.6) is 5.75 Å². The minimum absolute atomic E-state index is 0.0181. The molecule has 3 heterocycles. The molecule has 1 aromatic carbocycles. The molecule has 0 radical (unpaired) electrons. The normalized spacial score (nSPS) is 10.5. The average Bonchev–Trinajstić information content (AvgIpc) is 3.14. The number of ether oxygens (including phenoxy) is 1. The fourth-order valence-corrected chi connectivity index (χ4v) is 4.38. The van der Waals surface area contributed by atoms with Crippen LogP contribution in [0.4, 0.5) is 17.2 Å². The number of thiophene rings is 1. The molecule has 0 unspecified atom stereocenters. The van der Waals surface area contributed by atoms with Gasteiger partial charge in [-0.15, -0.1) is 11.3 Å². The van der Waals surface area contributed by atoms with Crippen molar-refractivity contribution in [2.24, 2.45) is 5.73 Å². The van der Waals surface area contributed by atoms with Gasteiger partial charge >= 0.3 is 0 Å². The summed E-state index contributed by atoms with van der Waals surface area (Å²) in [6.07, 6.45) is 3.02. The van der Waals surface area contributed by atoms with E-state index in [4.69, 9.17) is 21.9 Å². The number of carbonyl (C=O) groups is 2. The fraction of sp³-hybridized carbons (Fsp3) is 0.0455. The van der Waals surface area contributed by atoms with Crippen molar-refractivity contribution in [3.8, 4) is 22.9 Å². The summed E-state index contributed by atoms with van der Waals surface area (Å²) in [6, 6.07) is 10.2. The maximum absolute atomic E-state index is 12.7. The van der Waals surface area contributed by atoms with Crippen LogP contribution >= 0.6 is 11.3 Å². The molecule has 0 saturated heterocycles. The molecule has 33 heavy (non-hydrogen) atoms. The Morgan fingerprint density at radius 3 is 2.55 bits per heavy atom. The van der Waals surface area contributed by atoms with Crippen LogP contribution in [-0.4, -0.2) is 28.9 Å². The monoisotopic (exact) mass is 459 g/mol. The number of nitrogens with two attached hydrogens (primary N) is 3. The van der Waals surface area contributed by atoms with E-state index in [0.717, 1.165) is 11.3 Å². The molecule has 0 aliphatic rings. The van der Waals surface area contributed by atoms with Crippen LogP contribution in [0.25, 0.3) is 21.3 Å². The van der Waals surface area contributed by atoms with Crippen LogP contribution in [0, 0.1) is 11.3 Å². The fourth-order valence-electron chi connectivity index (χ4n) is 3.41. The summed E-state index contributed by atoms with van der Waals surface area (Å²) in [5.41, 5.74) is 19.5. The summed E-state index contributed by atoms with van der Waals surface area (Å²) in [7, 11) is 1.47. The topological polar surface area (TPSA) is 183 Å². The number of anilines is 3. The van der Waals surface area contributed by atoms with Gasteiger partial charge in [-0.2, -0.15) is 5.26 Å². The minimum Gasteiger partial charge on any atom is -0.495 e. The lowest BCUT2D eigenvalue weighted by Crippen LogP contribution is -2.12. The Morgan fingerprint density at radius 1 is 1.18 bits per heavy atom. The van der Waals surface area contributed by atoms with Gasteiger partial charge < -0.3 is 27.3 Å². The molecule has 0 saturated carbocycles. The highest BCUT2D eigenvalue weighted by molar-refractivity contribution is 7.21. The Kier molecular flexibility index (Phi) is 5.51. The van der Waals surface area contributed by atoms with Crippen LogP contribution in [0.15, 0.2) is 42.7 Å². The van der Waals surface area contributed by atoms with Gasteiger partial charge in [0.25, 0.3) is 11.8 Å². The summed E-state index contributed by atoms with van der Waals surface area (Å²) in [6.45, 7) is 0. The first-order chi connectivity index (χ1) is 15.8. The summed E-state index contributed by atoms with van der Waals surface area (Å²) in [5.74, 6) is -0.707. The highest BCUT2D eigenvalue weighted by atomic mass is 32.1. The van der Waals surface area contributed by atoms with Crippen molar-refractivity contribution < 1.29 is 14.3 Å². The van der Waals surface area contributed by atoms with E-state index in [0.29, 0.717) is 38.3 Å². The molecule has 0 aliphatic heterocycles. The van der Waals surface area contributed by atoms with E-state index in [-0.39, 0.29) is 27.9 Å². The molecule has 2 amide bonds. The van der Waals surface area contributed by atoms with E-state index in [2.05, 4.69) is 21.4 Å². The zero-order chi connectivity index (χ0) is 23.7. The van der Waals surface area contributed by atoms with E-state index < -0.39 is 5.91 Å². The molecule has 0 aliphatic carbocycles. The number of rotatable bonds is 5. The van der Waals surface area contributed by atoms with Crippen molar-refractivity contribution in [2.75, 3.05) is 23.9 Å². The highest BCUT2D eigenvalue weighted by Crippen LogP contribution is 2.43. The quantitative estimate of drug-likeness (QED) is 0.351. The van der Waals surface area contributed by atoms with Gasteiger partial charge in [-0.25, -0.2) is 4.98 Å². The van der Waals surface area contributed by atoms with Crippen LogP contribution in [0.3, 0.4) is 0 Å². The number of nitrogens with zero attached hydrogens (tertiary/aromatic N) is 3. The molecule has 3 aromatic heterocycles. The third kappa shape index (κ3) is 3.75. The highest BCUT2D eigenvalue weighted by Gasteiger charge is 2.24. The number of nitriles is 1. The van der Waals surface area contributed by atoms with Gasteiger partial charge in [-0.1, -0.05) is 6.07 Å². The second-order valence-electron chi connectivity index (χ2n) is 6.85. The number of pyridine rings is 2. The van der Waals surface area contributed by atoms with Gasteiger partial charge in [-0.3, -0.25) is 14.6 Å². The van der Waals surface area contributed by atoms with Crippen LogP contribution in [0.2, 0.25) is 0 Å². The Balaban J connectivity index is 1.93. The Bertz CT molecular complexity index is 1460. The van der Waals surface area contributed by atoms with Gasteiger partial charge in [0.05, 0.1) is 18.5 Å². The number of aromatic nitrogens is 2. The molecular weight excluding hydrogens is 442 g/mol. The zero-order valence-corrected chi connectivity index (χ0v) is 18.1.